The van der Waals surface area contributed by atoms with Crippen LogP contribution in [0.1, 0.15) is 6.92 Å². The number of nitrogens with zero attached hydrogens (tertiary/aromatic N) is 1. The van der Waals surface area contributed by atoms with Gasteiger partial charge in [0.2, 0.25) is 0 Å². The van der Waals surface area contributed by atoms with E-state index in [1.807, 2.05) is 0 Å². The van der Waals surface area contributed by atoms with Crippen LogP contribution in [0.25, 0.3) is 0 Å². The first kappa shape index (κ1) is 9.50. The number of rotatable bonds is 2. The first-order valence-corrected chi connectivity index (χ1v) is 3.75. The van der Waals surface area contributed by atoms with Gasteiger partial charge in [-0.3, -0.25) is 14.5 Å². The number of hydrogen-bond donors (Lipinski definition) is 1. The minimum atomic E-state index is -0.613. The third kappa shape index (κ3) is 1.77. The second-order valence-corrected chi connectivity index (χ2v) is 2.67. The molecule has 6 heteroatoms. The lowest BCUT2D eigenvalue weighted by atomic mass is 10.3. The van der Waals surface area contributed by atoms with Crippen LogP contribution >= 0.6 is 0 Å². The second-order valence-electron chi connectivity index (χ2n) is 2.67. The number of imide groups is 1. The van der Waals surface area contributed by atoms with E-state index in [2.05, 4.69) is 10.1 Å². The number of methoxy groups -OCH3 is 1. The molecular formula is C7H10N2O4. The van der Waals surface area contributed by atoms with Crippen molar-refractivity contribution in [1.82, 2.24) is 10.2 Å². The topological polar surface area (TPSA) is 75.7 Å². The molecule has 1 rings (SSSR count). The summed E-state index contributed by atoms with van der Waals surface area (Å²) in [6, 6.07) is -1.11. The standard InChI is InChI=1S/C7H10N2O4/c1-4-6(11)9(7(12)8-4)3-5(10)13-2/h4H,3H2,1-2H3,(H,8,12). The number of nitrogens with one attached hydrogen (secondary N) is 1. The molecule has 0 aromatic rings. The average Bonchev–Trinajstić information content (AvgIpc) is 2.32. The molecule has 0 radical (unpaired) electrons. The molecule has 1 N–H and O–H groups in total. The predicted molar refractivity (Wildman–Crippen MR) is 41.7 cm³/mol. The summed E-state index contributed by atoms with van der Waals surface area (Å²) in [4.78, 5) is 33.8. The van der Waals surface area contributed by atoms with Crippen molar-refractivity contribution < 1.29 is 19.1 Å². The van der Waals surface area contributed by atoms with E-state index in [0.29, 0.717) is 0 Å². The third-order valence-electron chi connectivity index (χ3n) is 1.74. The number of esters is 1. The lowest BCUT2D eigenvalue weighted by Gasteiger charge is -2.09. The normalized spacial score (nSPS) is 21.7. The molecule has 1 aliphatic rings. The number of amides is 3. The summed E-state index contributed by atoms with van der Waals surface area (Å²) in [6.45, 7) is 1.23. The van der Waals surface area contributed by atoms with Crippen LogP contribution in [0.3, 0.4) is 0 Å². The van der Waals surface area contributed by atoms with Crippen molar-refractivity contribution in [3.63, 3.8) is 0 Å². The highest BCUT2D eigenvalue weighted by molar-refractivity contribution is 6.05. The summed E-state index contributed by atoms with van der Waals surface area (Å²) in [5, 5.41) is 2.38. The molecule has 1 unspecified atom stereocenters. The van der Waals surface area contributed by atoms with Gasteiger partial charge in [0.15, 0.2) is 0 Å². The zero-order valence-electron chi connectivity index (χ0n) is 7.36. The fourth-order valence-corrected chi connectivity index (χ4v) is 1.00. The molecule has 1 fully saturated rings. The van der Waals surface area contributed by atoms with Crippen LogP contribution in [0.15, 0.2) is 0 Å². The minimum absolute atomic E-state index is 0.328. The zero-order chi connectivity index (χ0) is 10.0. The lowest BCUT2D eigenvalue weighted by molar-refractivity contribution is -0.144. The molecule has 0 saturated carbocycles. The lowest BCUT2D eigenvalue weighted by Crippen LogP contribution is -2.36. The van der Waals surface area contributed by atoms with Crippen LogP contribution in [-0.4, -0.2) is 42.5 Å². The van der Waals surface area contributed by atoms with Gasteiger partial charge in [-0.1, -0.05) is 0 Å². The molecule has 6 nitrogen and oxygen atoms in total. The highest BCUT2D eigenvalue weighted by atomic mass is 16.5. The summed E-state index contributed by atoms with van der Waals surface area (Å²) in [5.41, 5.74) is 0. The number of urea groups is 1. The van der Waals surface area contributed by atoms with E-state index in [1.165, 1.54) is 7.11 Å². The minimum Gasteiger partial charge on any atom is -0.468 e. The monoisotopic (exact) mass is 186 g/mol. The Morgan fingerprint density at radius 2 is 2.23 bits per heavy atom. The van der Waals surface area contributed by atoms with Crippen LogP contribution in [-0.2, 0) is 14.3 Å². The van der Waals surface area contributed by atoms with Crippen molar-refractivity contribution in [2.45, 2.75) is 13.0 Å². The van der Waals surface area contributed by atoms with Crippen LogP contribution in [0.4, 0.5) is 4.79 Å². The Hall–Kier alpha value is -1.59. The Labute approximate surface area is 74.8 Å². The molecule has 1 aliphatic heterocycles. The zero-order valence-corrected chi connectivity index (χ0v) is 7.36. The summed E-state index contributed by atoms with van der Waals surface area (Å²) < 4.78 is 4.33. The molecule has 1 saturated heterocycles. The van der Waals surface area contributed by atoms with Gasteiger partial charge in [0.1, 0.15) is 12.6 Å². The maximum absolute atomic E-state index is 11.2. The molecule has 72 valence electrons. The second kappa shape index (κ2) is 3.42. The molecule has 0 aliphatic carbocycles. The number of carbonyl (C=O) groups is 3. The molecule has 0 aromatic carbocycles. The molecule has 1 atom stereocenters. The number of ether oxygens (including phenoxy) is 1. The summed E-state index contributed by atoms with van der Waals surface area (Å²) in [6.07, 6.45) is 0. The van der Waals surface area contributed by atoms with Crippen LogP contribution < -0.4 is 5.32 Å². The Morgan fingerprint density at radius 3 is 2.62 bits per heavy atom. The van der Waals surface area contributed by atoms with E-state index in [9.17, 15) is 14.4 Å². The number of hydrogen-bond acceptors (Lipinski definition) is 4. The van der Waals surface area contributed by atoms with E-state index in [0.717, 1.165) is 4.90 Å². The molecule has 0 spiro atoms. The molecular weight excluding hydrogens is 176 g/mol. The third-order valence-corrected chi connectivity index (χ3v) is 1.74. The highest BCUT2D eigenvalue weighted by Crippen LogP contribution is 2.04. The van der Waals surface area contributed by atoms with Crippen LogP contribution in [0, 0.1) is 0 Å². The molecule has 13 heavy (non-hydrogen) atoms. The maximum atomic E-state index is 11.2. The fourth-order valence-electron chi connectivity index (χ4n) is 1.00. The molecule has 3 amide bonds. The SMILES string of the molecule is COC(=O)CN1C(=O)NC(C)C1=O. The van der Waals surface area contributed by atoms with Crippen molar-refractivity contribution in [3.8, 4) is 0 Å². The first-order chi connectivity index (χ1) is 6.06. The predicted octanol–water partition coefficient (Wildman–Crippen LogP) is -0.900. The Balaban J connectivity index is 2.64. The van der Waals surface area contributed by atoms with Crippen molar-refractivity contribution >= 4 is 17.9 Å². The van der Waals surface area contributed by atoms with Crippen LogP contribution in [0.2, 0.25) is 0 Å². The maximum Gasteiger partial charge on any atom is 0.325 e. The van der Waals surface area contributed by atoms with Gasteiger partial charge >= 0.3 is 12.0 Å². The van der Waals surface area contributed by atoms with Gasteiger partial charge in [-0.25, -0.2) is 4.79 Å². The highest BCUT2D eigenvalue weighted by Gasteiger charge is 2.36. The average molecular weight is 186 g/mol. The van der Waals surface area contributed by atoms with E-state index < -0.39 is 23.9 Å². The largest absolute Gasteiger partial charge is 0.468 e. The smallest absolute Gasteiger partial charge is 0.325 e. The van der Waals surface area contributed by atoms with Gasteiger partial charge in [0.25, 0.3) is 5.91 Å². The first-order valence-electron chi connectivity index (χ1n) is 3.75. The van der Waals surface area contributed by atoms with Crippen molar-refractivity contribution in [3.05, 3.63) is 0 Å². The molecule has 1 heterocycles. The summed E-state index contributed by atoms with van der Waals surface area (Å²) in [5.74, 6) is -1.02. The van der Waals surface area contributed by atoms with Crippen molar-refractivity contribution in [1.29, 1.82) is 0 Å². The Morgan fingerprint density at radius 1 is 1.62 bits per heavy atom. The summed E-state index contributed by atoms with van der Waals surface area (Å²) >= 11 is 0. The van der Waals surface area contributed by atoms with Crippen molar-refractivity contribution in [2.75, 3.05) is 13.7 Å². The van der Waals surface area contributed by atoms with Gasteiger partial charge in [0.05, 0.1) is 7.11 Å². The molecule has 0 aromatic heterocycles. The van der Waals surface area contributed by atoms with Gasteiger partial charge < -0.3 is 10.1 Å². The van der Waals surface area contributed by atoms with Crippen LogP contribution in [0.5, 0.6) is 0 Å². The van der Waals surface area contributed by atoms with E-state index >= 15 is 0 Å². The summed E-state index contributed by atoms with van der Waals surface area (Å²) in [7, 11) is 1.20. The molecule has 0 bridgehead atoms. The van der Waals surface area contributed by atoms with E-state index in [1.54, 1.807) is 6.92 Å². The van der Waals surface area contributed by atoms with Gasteiger partial charge in [-0.2, -0.15) is 0 Å². The quantitative estimate of drug-likeness (QED) is 0.448. The Kier molecular flexibility index (Phi) is 2.50. The van der Waals surface area contributed by atoms with Gasteiger partial charge in [-0.15, -0.1) is 0 Å². The van der Waals surface area contributed by atoms with Crippen molar-refractivity contribution in [2.24, 2.45) is 0 Å². The Bertz CT molecular complexity index is 263. The number of carbonyl (C=O) groups excluding carboxylic acids is 3. The fraction of sp³-hybridized carbons (Fsp3) is 0.571. The van der Waals surface area contributed by atoms with Gasteiger partial charge in [-0.05, 0) is 6.92 Å². The van der Waals surface area contributed by atoms with E-state index in [4.69, 9.17) is 0 Å². The van der Waals surface area contributed by atoms with E-state index in [-0.39, 0.29) is 6.54 Å². The van der Waals surface area contributed by atoms with Gasteiger partial charge in [0, 0.05) is 0 Å².